The molecule has 6 aromatic rings. The van der Waals surface area contributed by atoms with Gasteiger partial charge in [0.25, 0.3) is 0 Å². The van der Waals surface area contributed by atoms with Gasteiger partial charge in [-0.05, 0) is 139 Å². The van der Waals surface area contributed by atoms with Crippen LogP contribution in [-0.2, 0) is 17.3 Å². The summed E-state index contributed by atoms with van der Waals surface area (Å²) in [5.74, 6) is 2.42. The number of nitrogens with two attached hydrogens (primary N) is 2. The van der Waals surface area contributed by atoms with Crippen molar-refractivity contribution in [3.8, 4) is 0 Å². The second kappa shape index (κ2) is 19.7. The molecule has 9 nitrogen and oxygen atoms in total. The lowest BCUT2D eigenvalue weighted by molar-refractivity contribution is 0.346. The second-order valence-electron chi connectivity index (χ2n) is 15.2. The number of hydrogen-bond donors (Lipinski definition) is 3. The van der Waals surface area contributed by atoms with Crippen molar-refractivity contribution in [3.63, 3.8) is 0 Å². The highest BCUT2D eigenvalue weighted by Gasteiger charge is 2.36. The van der Waals surface area contributed by atoms with Gasteiger partial charge in [0, 0.05) is 41.4 Å². The molecule has 0 bridgehead atoms. The molecule has 0 radical (unpaired) electrons. The molecule has 2 fully saturated rings. The summed E-state index contributed by atoms with van der Waals surface area (Å²) in [5, 5.41) is 3.23. The molecule has 8 rings (SSSR count). The lowest BCUT2D eigenvalue weighted by Gasteiger charge is -2.39. The fraction of sp³-hybridized carbons (Fsp3) is 0.348. The zero-order chi connectivity index (χ0) is 41.1. The number of nitrogens with one attached hydrogen (secondary N) is 1. The van der Waals surface area contributed by atoms with E-state index in [0.717, 1.165) is 41.0 Å². The van der Waals surface area contributed by atoms with Crippen molar-refractivity contribution < 1.29 is 0 Å². The molecule has 2 aliphatic carbocycles. The molecule has 2 aromatic heterocycles. The van der Waals surface area contributed by atoms with Crippen LogP contribution in [0.3, 0.4) is 0 Å². The molecule has 2 heterocycles. The van der Waals surface area contributed by atoms with Crippen LogP contribution in [0.4, 0.5) is 17.1 Å². The van der Waals surface area contributed by atoms with Gasteiger partial charge in [-0.15, -0.1) is 0 Å². The van der Waals surface area contributed by atoms with Crippen molar-refractivity contribution in [3.05, 3.63) is 158 Å². The number of nitrogens with zero attached hydrogens (tertiary/aromatic N) is 6. The molecular weight excluding hydrogens is 785 g/mol. The van der Waals surface area contributed by atoms with Gasteiger partial charge in [0.15, 0.2) is 0 Å². The summed E-state index contributed by atoms with van der Waals surface area (Å²) in [5.41, 5.74) is 21.7. The minimum absolute atomic E-state index is 0.000000000000000444. The van der Waals surface area contributed by atoms with Gasteiger partial charge >= 0.3 is 0 Å². The Morgan fingerprint density at radius 1 is 0.483 bits per heavy atom. The topological polar surface area (TPSA) is 141 Å². The van der Waals surface area contributed by atoms with Crippen LogP contribution in [-0.4, -0.2) is 37.0 Å². The average Bonchev–Trinajstić information content (AvgIpc) is 3.22. The van der Waals surface area contributed by atoms with E-state index in [1.165, 1.54) is 92.0 Å². The predicted molar refractivity (Wildman–Crippen MR) is 239 cm³/mol. The van der Waals surface area contributed by atoms with Gasteiger partial charge in [0.05, 0.1) is 0 Å². The van der Waals surface area contributed by atoms with E-state index in [-0.39, 0.29) is 26.7 Å². The van der Waals surface area contributed by atoms with Crippen LogP contribution >= 0.6 is 34.8 Å². The van der Waals surface area contributed by atoms with Crippen molar-refractivity contribution in [1.82, 2.24) is 29.9 Å². The Hall–Kier alpha value is -4.83. The first-order valence-electron chi connectivity index (χ1n) is 20.0. The number of rotatable bonds is 7. The molecule has 5 N–H and O–H groups in total. The molecule has 4 aromatic carbocycles. The molecule has 0 spiro atoms. The van der Waals surface area contributed by atoms with Crippen molar-refractivity contribution in [2.75, 3.05) is 23.8 Å². The van der Waals surface area contributed by atoms with Crippen LogP contribution in [0.2, 0.25) is 15.9 Å². The summed E-state index contributed by atoms with van der Waals surface area (Å²) in [7, 11) is 1.97. The fourth-order valence-electron chi connectivity index (χ4n) is 8.55. The minimum Gasteiger partial charge on any atom is -0.399 e. The smallest absolute Gasteiger partial charge is 0.227 e. The van der Waals surface area contributed by atoms with Crippen LogP contribution in [0.25, 0.3) is 0 Å². The first-order chi connectivity index (χ1) is 28.0. The highest BCUT2D eigenvalue weighted by Crippen LogP contribution is 2.46. The third-order valence-electron chi connectivity index (χ3n) is 11.4. The molecule has 0 unspecified atom stereocenters. The van der Waals surface area contributed by atoms with Gasteiger partial charge in [-0.1, -0.05) is 99.2 Å². The maximum Gasteiger partial charge on any atom is 0.227 e. The first kappa shape index (κ1) is 42.8. The van der Waals surface area contributed by atoms with E-state index in [4.69, 9.17) is 46.3 Å². The Morgan fingerprint density at radius 2 is 0.828 bits per heavy atom. The molecule has 0 amide bonds. The Balaban J connectivity index is 0.000000168. The molecule has 302 valence electrons. The molecule has 0 saturated heterocycles. The summed E-state index contributed by atoms with van der Waals surface area (Å²) in [4.78, 5) is 23.6. The maximum atomic E-state index is 5.84. The van der Waals surface area contributed by atoms with Gasteiger partial charge < -0.3 is 16.8 Å². The maximum absolute atomic E-state index is 5.84. The van der Waals surface area contributed by atoms with E-state index in [1.54, 1.807) is 0 Å². The molecule has 12 heteroatoms. The summed E-state index contributed by atoms with van der Waals surface area (Å²) >= 11 is 16.0. The van der Waals surface area contributed by atoms with E-state index in [0.29, 0.717) is 0 Å². The summed E-state index contributed by atoms with van der Waals surface area (Å²) in [6.07, 6.45) is 13.4. The number of benzene rings is 4. The van der Waals surface area contributed by atoms with Gasteiger partial charge in [-0.3, -0.25) is 0 Å². The normalized spacial score (nSPS) is 15.6. The molecule has 2 saturated carbocycles. The van der Waals surface area contributed by atoms with E-state index in [9.17, 15) is 0 Å². The molecule has 0 aliphatic heterocycles. The standard InChI is InChI=1S/C25H30N4.C18H22N2.C3Cl3N3/c1-18-27-19(2)29-24(28-18)17-20-7-9-21(10-8-20)25(15-5-4-6-16-25)22-11-13-23(26-3)14-12-22;19-16-8-4-14(5-9-16)18(12-2-1-3-13-18)15-6-10-17(20)11-7-15;4-1-7-2(5)9-3(6)8-1/h7-14,26H,4-6,15-17H2,1-3H3;4-11H,1-3,12-13,19-20H2;. The SMILES string of the molecule is CNc1ccc(C2(c3ccc(Cc4nc(C)nc(C)n4)cc3)CCCCC2)cc1.Clc1nc(Cl)nc(Cl)n1.Nc1ccc(C2(c3ccc(N)cc3)CCCCC2)cc1. The monoisotopic (exact) mass is 835 g/mol. The fourth-order valence-corrected chi connectivity index (χ4v) is 9.16. The second-order valence-corrected chi connectivity index (χ2v) is 16.2. The van der Waals surface area contributed by atoms with Crippen LogP contribution in [0.1, 0.15) is 109 Å². The summed E-state index contributed by atoms with van der Waals surface area (Å²) in [6.45, 7) is 3.85. The van der Waals surface area contributed by atoms with Gasteiger partial charge in [-0.2, -0.15) is 15.0 Å². The van der Waals surface area contributed by atoms with E-state index in [2.05, 4.69) is 108 Å². The third-order valence-corrected chi connectivity index (χ3v) is 11.9. The van der Waals surface area contributed by atoms with Crippen LogP contribution in [0, 0.1) is 13.8 Å². The highest BCUT2D eigenvalue weighted by molar-refractivity contribution is 6.33. The Kier molecular flexibility index (Phi) is 14.6. The van der Waals surface area contributed by atoms with Crippen LogP contribution in [0.15, 0.2) is 97.1 Å². The number of aryl methyl sites for hydroxylation is 2. The lowest BCUT2D eigenvalue weighted by Crippen LogP contribution is -2.30. The van der Waals surface area contributed by atoms with E-state index >= 15 is 0 Å². The lowest BCUT2D eigenvalue weighted by atomic mass is 9.65. The van der Waals surface area contributed by atoms with Crippen molar-refractivity contribution in [2.45, 2.75) is 95.3 Å². The third kappa shape index (κ3) is 10.8. The number of aromatic nitrogens is 6. The number of hydrogen-bond acceptors (Lipinski definition) is 9. The quantitative estimate of drug-likeness (QED) is 0.134. The number of halogens is 3. The summed E-state index contributed by atoms with van der Waals surface area (Å²) in [6, 6.07) is 35.0. The highest BCUT2D eigenvalue weighted by atomic mass is 35.5. The number of anilines is 3. The predicted octanol–water partition coefficient (Wildman–Crippen LogP) is 11.3. The Bertz CT molecular complexity index is 2100. The van der Waals surface area contributed by atoms with Gasteiger partial charge in [0.2, 0.25) is 15.9 Å². The zero-order valence-electron chi connectivity index (χ0n) is 33.5. The van der Waals surface area contributed by atoms with Crippen LogP contribution in [0.5, 0.6) is 0 Å². The number of nitrogen functional groups attached to an aromatic ring is 2. The van der Waals surface area contributed by atoms with Crippen molar-refractivity contribution in [1.29, 1.82) is 0 Å². The van der Waals surface area contributed by atoms with Gasteiger partial charge in [-0.25, -0.2) is 15.0 Å². The first-order valence-corrected chi connectivity index (χ1v) is 21.1. The van der Waals surface area contributed by atoms with Crippen molar-refractivity contribution >= 4 is 51.9 Å². The Labute approximate surface area is 357 Å². The minimum atomic E-state index is 0.000000000000000444. The van der Waals surface area contributed by atoms with E-state index < -0.39 is 0 Å². The summed E-state index contributed by atoms with van der Waals surface area (Å²) < 4.78 is 0. The molecule has 0 atom stereocenters. The molecular formula is C46H52Cl3N9. The molecule has 58 heavy (non-hydrogen) atoms. The van der Waals surface area contributed by atoms with Gasteiger partial charge in [0.1, 0.15) is 17.5 Å². The molecule has 2 aliphatic rings. The average molecular weight is 837 g/mol. The van der Waals surface area contributed by atoms with Crippen molar-refractivity contribution in [2.24, 2.45) is 0 Å². The zero-order valence-corrected chi connectivity index (χ0v) is 35.8. The Morgan fingerprint density at radius 3 is 1.19 bits per heavy atom. The van der Waals surface area contributed by atoms with Crippen LogP contribution < -0.4 is 16.8 Å². The van der Waals surface area contributed by atoms with E-state index in [1.807, 2.05) is 45.2 Å². The largest absolute Gasteiger partial charge is 0.399 e.